The fourth-order valence-corrected chi connectivity index (χ4v) is 2.84. The SMILES string of the molecule is CCN1CCC(Nc2ccc(CCO)cc2)C(C)C1. The predicted octanol–water partition coefficient (Wildman–Crippen LogP) is 2.36. The molecule has 0 spiro atoms. The van der Waals surface area contributed by atoms with Gasteiger partial charge < -0.3 is 15.3 Å². The van der Waals surface area contributed by atoms with Gasteiger partial charge in [0, 0.05) is 31.4 Å². The van der Waals surface area contributed by atoms with Crippen LogP contribution in [0.1, 0.15) is 25.8 Å². The van der Waals surface area contributed by atoms with Gasteiger partial charge in [-0.25, -0.2) is 0 Å². The quantitative estimate of drug-likeness (QED) is 0.855. The average molecular weight is 262 g/mol. The Morgan fingerprint density at radius 2 is 2.05 bits per heavy atom. The van der Waals surface area contributed by atoms with Gasteiger partial charge in [0.2, 0.25) is 0 Å². The van der Waals surface area contributed by atoms with E-state index in [4.69, 9.17) is 5.11 Å². The summed E-state index contributed by atoms with van der Waals surface area (Å²) in [5.41, 5.74) is 2.39. The Kier molecular flexibility index (Phi) is 5.23. The maximum absolute atomic E-state index is 8.91. The molecule has 2 rings (SSSR count). The van der Waals surface area contributed by atoms with Crippen molar-refractivity contribution in [3.8, 4) is 0 Å². The second-order valence-electron chi connectivity index (χ2n) is 5.58. The molecule has 0 saturated carbocycles. The number of aliphatic hydroxyl groups excluding tert-OH is 1. The van der Waals surface area contributed by atoms with Crippen LogP contribution in [-0.2, 0) is 6.42 Å². The Labute approximate surface area is 116 Å². The van der Waals surface area contributed by atoms with E-state index in [1.54, 1.807) is 0 Å². The summed E-state index contributed by atoms with van der Waals surface area (Å²) in [5.74, 6) is 0.686. The van der Waals surface area contributed by atoms with Gasteiger partial charge in [0.25, 0.3) is 0 Å². The molecule has 0 aromatic heterocycles. The van der Waals surface area contributed by atoms with E-state index in [2.05, 4.69) is 48.3 Å². The Hall–Kier alpha value is -1.06. The molecule has 106 valence electrons. The minimum atomic E-state index is 0.222. The molecule has 1 aromatic carbocycles. The first-order valence-corrected chi connectivity index (χ1v) is 7.41. The third kappa shape index (κ3) is 3.95. The number of benzene rings is 1. The summed E-state index contributed by atoms with van der Waals surface area (Å²) in [4.78, 5) is 2.52. The van der Waals surface area contributed by atoms with Gasteiger partial charge in [0.1, 0.15) is 0 Å². The average Bonchev–Trinajstić information content (AvgIpc) is 2.43. The van der Waals surface area contributed by atoms with Crippen molar-refractivity contribution in [3.63, 3.8) is 0 Å². The highest BCUT2D eigenvalue weighted by molar-refractivity contribution is 5.45. The van der Waals surface area contributed by atoms with E-state index < -0.39 is 0 Å². The van der Waals surface area contributed by atoms with Gasteiger partial charge in [-0.15, -0.1) is 0 Å². The fraction of sp³-hybridized carbons (Fsp3) is 0.625. The number of likely N-dealkylation sites (tertiary alicyclic amines) is 1. The van der Waals surface area contributed by atoms with E-state index in [-0.39, 0.29) is 6.61 Å². The Bertz CT molecular complexity index is 377. The van der Waals surface area contributed by atoms with E-state index in [0.29, 0.717) is 12.0 Å². The molecule has 2 atom stereocenters. The molecule has 2 N–H and O–H groups in total. The Balaban J connectivity index is 1.90. The van der Waals surface area contributed by atoms with Gasteiger partial charge in [-0.05, 0) is 43.0 Å². The lowest BCUT2D eigenvalue weighted by molar-refractivity contribution is 0.179. The lowest BCUT2D eigenvalue weighted by Crippen LogP contribution is -2.44. The van der Waals surface area contributed by atoms with Crippen molar-refractivity contribution in [2.45, 2.75) is 32.7 Å². The highest BCUT2D eigenvalue weighted by atomic mass is 16.2. The molecule has 3 heteroatoms. The molecular weight excluding hydrogens is 236 g/mol. The summed E-state index contributed by atoms with van der Waals surface area (Å²) in [5, 5.41) is 12.6. The van der Waals surface area contributed by atoms with Crippen LogP contribution in [0.3, 0.4) is 0 Å². The molecule has 3 nitrogen and oxygen atoms in total. The predicted molar refractivity (Wildman–Crippen MR) is 80.5 cm³/mol. The minimum Gasteiger partial charge on any atom is -0.396 e. The van der Waals surface area contributed by atoms with Crippen molar-refractivity contribution in [1.82, 2.24) is 4.90 Å². The van der Waals surface area contributed by atoms with E-state index in [0.717, 1.165) is 13.0 Å². The van der Waals surface area contributed by atoms with Crippen LogP contribution in [0.4, 0.5) is 5.69 Å². The molecule has 19 heavy (non-hydrogen) atoms. The molecule has 0 aliphatic carbocycles. The molecule has 0 amide bonds. The summed E-state index contributed by atoms with van der Waals surface area (Å²) in [6.45, 7) is 8.34. The first-order valence-electron chi connectivity index (χ1n) is 7.41. The minimum absolute atomic E-state index is 0.222. The van der Waals surface area contributed by atoms with E-state index >= 15 is 0 Å². The topological polar surface area (TPSA) is 35.5 Å². The number of hydrogen-bond donors (Lipinski definition) is 2. The summed E-state index contributed by atoms with van der Waals surface area (Å²) in [7, 11) is 0. The molecule has 1 aliphatic rings. The van der Waals surface area contributed by atoms with E-state index in [9.17, 15) is 0 Å². The highest BCUT2D eigenvalue weighted by Crippen LogP contribution is 2.21. The molecule has 2 unspecified atom stereocenters. The van der Waals surface area contributed by atoms with Crippen LogP contribution < -0.4 is 5.32 Å². The van der Waals surface area contributed by atoms with Gasteiger partial charge in [0.05, 0.1) is 0 Å². The highest BCUT2D eigenvalue weighted by Gasteiger charge is 2.24. The molecule has 1 fully saturated rings. The van der Waals surface area contributed by atoms with E-state index in [1.807, 2.05) is 0 Å². The number of nitrogens with one attached hydrogen (secondary N) is 1. The lowest BCUT2D eigenvalue weighted by atomic mass is 9.93. The van der Waals surface area contributed by atoms with Crippen molar-refractivity contribution in [3.05, 3.63) is 29.8 Å². The molecular formula is C16H26N2O. The normalized spacial score (nSPS) is 24.4. The van der Waals surface area contributed by atoms with Gasteiger partial charge in [-0.3, -0.25) is 0 Å². The molecule has 1 aliphatic heterocycles. The number of hydrogen-bond acceptors (Lipinski definition) is 3. The maximum Gasteiger partial charge on any atom is 0.0471 e. The molecule has 1 heterocycles. The molecule has 1 aromatic rings. The zero-order valence-electron chi connectivity index (χ0n) is 12.1. The Morgan fingerprint density at radius 3 is 2.63 bits per heavy atom. The zero-order valence-corrected chi connectivity index (χ0v) is 12.1. The first kappa shape index (κ1) is 14.4. The maximum atomic E-state index is 8.91. The number of aliphatic hydroxyl groups is 1. The Morgan fingerprint density at radius 1 is 1.32 bits per heavy atom. The van der Waals surface area contributed by atoms with E-state index in [1.165, 1.54) is 30.8 Å². The van der Waals surface area contributed by atoms with Crippen molar-refractivity contribution in [2.24, 2.45) is 5.92 Å². The van der Waals surface area contributed by atoms with Crippen LogP contribution >= 0.6 is 0 Å². The van der Waals surface area contributed by atoms with Gasteiger partial charge in [-0.1, -0.05) is 26.0 Å². The molecule has 1 saturated heterocycles. The van der Waals surface area contributed by atoms with Gasteiger partial charge in [0.15, 0.2) is 0 Å². The third-order valence-corrected chi connectivity index (χ3v) is 4.14. The summed E-state index contributed by atoms with van der Waals surface area (Å²) in [6, 6.07) is 9.04. The second kappa shape index (κ2) is 6.92. The van der Waals surface area contributed by atoms with Crippen LogP contribution in [-0.4, -0.2) is 42.3 Å². The summed E-state index contributed by atoms with van der Waals surface area (Å²) < 4.78 is 0. The first-order chi connectivity index (χ1) is 9.22. The van der Waals surface area contributed by atoms with Crippen molar-refractivity contribution >= 4 is 5.69 Å². The van der Waals surface area contributed by atoms with Gasteiger partial charge in [-0.2, -0.15) is 0 Å². The molecule has 0 radical (unpaired) electrons. The van der Waals surface area contributed by atoms with Crippen molar-refractivity contribution in [2.75, 3.05) is 31.6 Å². The fourth-order valence-electron chi connectivity index (χ4n) is 2.84. The number of nitrogens with zero attached hydrogens (tertiary/aromatic N) is 1. The summed E-state index contributed by atoms with van der Waals surface area (Å²) in [6.07, 6.45) is 1.96. The smallest absolute Gasteiger partial charge is 0.0471 e. The van der Waals surface area contributed by atoms with Crippen LogP contribution in [0, 0.1) is 5.92 Å². The van der Waals surface area contributed by atoms with Crippen LogP contribution in [0.2, 0.25) is 0 Å². The number of anilines is 1. The lowest BCUT2D eigenvalue weighted by Gasteiger charge is -2.37. The molecule has 0 bridgehead atoms. The number of piperidine rings is 1. The standard InChI is InChI=1S/C16H26N2O/c1-3-18-10-8-16(13(2)12-18)17-15-6-4-14(5-7-15)9-11-19/h4-7,13,16-17,19H,3,8-12H2,1-2H3. The monoisotopic (exact) mass is 262 g/mol. The zero-order chi connectivity index (χ0) is 13.7. The number of rotatable bonds is 5. The third-order valence-electron chi connectivity index (χ3n) is 4.14. The van der Waals surface area contributed by atoms with Crippen molar-refractivity contribution in [1.29, 1.82) is 0 Å². The summed E-state index contributed by atoms with van der Waals surface area (Å²) >= 11 is 0. The largest absolute Gasteiger partial charge is 0.396 e. The van der Waals surface area contributed by atoms with Crippen LogP contribution in [0.5, 0.6) is 0 Å². The van der Waals surface area contributed by atoms with Gasteiger partial charge >= 0.3 is 0 Å². The van der Waals surface area contributed by atoms with Crippen LogP contribution in [0.25, 0.3) is 0 Å². The van der Waals surface area contributed by atoms with Crippen LogP contribution in [0.15, 0.2) is 24.3 Å². The second-order valence-corrected chi connectivity index (χ2v) is 5.58. The van der Waals surface area contributed by atoms with Crippen molar-refractivity contribution < 1.29 is 5.11 Å².